The first-order chi connectivity index (χ1) is 8.62. The minimum Gasteiger partial charge on any atom is -0.363 e. The first-order valence-corrected chi connectivity index (χ1v) is 7.44. The Morgan fingerprint density at radius 1 is 1.47 bits per heavy atom. The highest BCUT2D eigenvalue weighted by atomic mass is 32.2. The van der Waals surface area contributed by atoms with Crippen LogP contribution in [0.4, 0.5) is 5.69 Å². The third-order valence-electron chi connectivity index (χ3n) is 1.99. The molecule has 19 heavy (non-hydrogen) atoms. The standard InChI is InChI=1S/C9H10N2O5S3/c1-10(2)9(17)18-8-4-3-6(19(14,15)16)5-7(8)11(12)13/h3-5H,1-2H3,(H,14,15,16). The van der Waals surface area contributed by atoms with Crippen LogP contribution >= 0.6 is 24.0 Å². The normalized spacial score (nSPS) is 11.1. The van der Waals surface area contributed by atoms with Gasteiger partial charge < -0.3 is 4.90 Å². The van der Waals surface area contributed by atoms with Crippen molar-refractivity contribution in [2.45, 2.75) is 9.79 Å². The van der Waals surface area contributed by atoms with Gasteiger partial charge in [-0.1, -0.05) is 24.0 Å². The van der Waals surface area contributed by atoms with Crippen molar-refractivity contribution in [3.63, 3.8) is 0 Å². The fourth-order valence-electron chi connectivity index (χ4n) is 1.07. The Morgan fingerprint density at radius 2 is 2.05 bits per heavy atom. The molecular weight excluding hydrogens is 312 g/mol. The summed E-state index contributed by atoms with van der Waals surface area (Å²) in [4.78, 5) is 11.5. The van der Waals surface area contributed by atoms with Crippen molar-refractivity contribution in [3.8, 4) is 0 Å². The smallest absolute Gasteiger partial charge is 0.294 e. The maximum atomic E-state index is 10.9. The van der Waals surface area contributed by atoms with E-state index in [1.165, 1.54) is 6.07 Å². The molecule has 1 aromatic rings. The van der Waals surface area contributed by atoms with Crippen molar-refractivity contribution in [3.05, 3.63) is 28.3 Å². The number of thioether (sulfide) groups is 1. The van der Waals surface area contributed by atoms with Gasteiger partial charge in [0.2, 0.25) is 0 Å². The van der Waals surface area contributed by atoms with Crippen LogP contribution in [0.15, 0.2) is 28.0 Å². The summed E-state index contributed by atoms with van der Waals surface area (Å²) in [5, 5.41) is 10.9. The minimum absolute atomic E-state index is 0.205. The molecular formula is C9H10N2O5S3. The molecule has 0 unspecified atom stereocenters. The molecule has 0 aliphatic heterocycles. The van der Waals surface area contributed by atoms with Crippen LogP contribution in [-0.4, -0.2) is 41.2 Å². The van der Waals surface area contributed by atoms with Gasteiger partial charge in [0.25, 0.3) is 15.8 Å². The minimum atomic E-state index is -4.48. The molecule has 0 saturated heterocycles. The summed E-state index contributed by atoms with van der Waals surface area (Å²) >= 11 is 5.98. The van der Waals surface area contributed by atoms with E-state index in [1.807, 2.05) is 0 Å². The van der Waals surface area contributed by atoms with Gasteiger partial charge in [-0.3, -0.25) is 14.7 Å². The van der Waals surface area contributed by atoms with E-state index >= 15 is 0 Å². The quantitative estimate of drug-likeness (QED) is 0.295. The highest BCUT2D eigenvalue weighted by molar-refractivity contribution is 8.23. The molecule has 0 radical (unpaired) electrons. The Balaban J connectivity index is 3.27. The van der Waals surface area contributed by atoms with Gasteiger partial charge in [0.15, 0.2) is 0 Å². The van der Waals surface area contributed by atoms with Gasteiger partial charge >= 0.3 is 0 Å². The summed E-state index contributed by atoms with van der Waals surface area (Å²) in [6.45, 7) is 0. The fourth-order valence-corrected chi connectivity index (χ4v) is 2.59. The predicted molar refractivity (Wildman–Crippen MR) is 75.1 cm³/mol. The Bertz CT molecular complexity index is 627. The number of nitro groups is 1. The summed E-state index contributed by atoms with van der Waals surface area (Å²) in [6.07, 6.45) is 0. The average molecular weight is 322 g/mol. The predicted octanol–water partition coefficient (Wildman–Crippen LogP) is 1.78. The largest absolute Gasteiger partial charge is 0.363 e. The van der Waals surface area contributed by atoms with Crippen molar-refractivity contribution in [2.24, 2.45) is 0 Å². The number of hydrogen-bond acceptors (Lipinski definition) is 6. The second-order valence-electron chi connectivity index (χ2n) is 3.62. The van der Waals surface area contributed by atoms with Gasteiger partial charge in [-0.05, 0) is 12.1 Å². The third-order valence-corrected chi connectivity index (χ3v) is 4.56. The second kappa shape index (κ2) is 5.82. The van der Waals surface area contributed by atoms with Gasteiger partial charge in [-0.25, -0.2) is 0 Å². The molecule has 0 aliphatic carbocycles. The molecule has 7 nitrogen and oxygen atoms in total. The van der Waals surface area contributed by atoms with E-state index in [4.69, 9.17) is 16.8 Å². The molecule has 10 heteroatoms. The molecule has 1 rings (SSSR count). The lowest BCUT2D eigenvalue weighted by molar-refractivity contribution is -0.387. The molecule has 104 valence electrons. The highest BCUT2D eigenvalue weighted by Crippen LogP contribution is 2.32. The summed E-state index contributed by atoms with van der Waals surface area (Å²) in [7, 11) is -1.10. The molecule has 1 N–H and O–H groups in total. The van der Waals surface area contributed by atoms with E-state index in [0.717, 1.165) is 23.9 Å². The van der Waals surface area contributed by atoms with Crippen LogP contribution in [0, 0.1) is 10.1 Å². The second-order valence-corrected chi connectivity index (χ2v) is 6.72. The first kappa shape index (κ1) is 15.8. The zero-order valence-electron chi connectivity index (χ0n) is 9.93. The van der Waals surface area contributed by atoms with E-state index in [2.05, 4.69) is 0 Å². The van der Waals surface area contributed by atoms with Crippen molar-refractivity contribution >= 4 is 44.1 Å². The monoisotopic (exact) mass is 322 g/mol. The van der Waals surface area contributed by atoms with E-state index in [0.29, 0.717) is 4.32 Å². The Hall–Kier alpha value is -1.23. The van der Waals surface area contributed by atoms with Crippen molar-refractivity contribution in [1.29, 1.82) is 0 Å². The Kier molecular flexibility index (Phi) is 4.85. The van der Waals surface area contributed by atoms with Gasteiger partial charge in [-0.2, -0.15) is 8.42 Å². The maximum absolute atomic E-state index is 10.9. The number of benzene rings is 1. The third kappa shape index (κ3) is 4.13. The van der Waals surface area contributed by atoms with Crippen molar-refractivity contribution < 1.29 is 17.9 Å². The van der Waals surface area contributed by atoms with E-state index in [9.17, 15) is 18.5 Å². The lowest BCUT2D eigenvalue weighted by atomic mass is 10.3. The molecule has 0 atom stereocenters. The summed E-state index contributed by atoms with van der Waals surface area (Å²) in [6, 6.07) is 3.13. The van der Waals surface area contributed by atoms with Crippen LogP contribution in [0.3, 0.4) is 0 Å². The molecule has 0 fully saturated rings. The molecule has 0 amide bonds. The van der Waals surface area contributed by atoms with Crippen LogP contribution in [0.1, 0.15) is 0 Å². The van der Waals surface area contributed by atoms with Gasteiger partial charge in [-0.15, -0.1) is 0 Å². The zero-order chi connectivity index (χ0) is 14.8. The van der Waals surface area contributed by atoms with Crippen molar-refractivity contribution in [1.82, 2.24) is 4.90 Å². The van der Waals surface area contributed by atoms with Crippen LogP contribution in [-0.2, 0) is 10.1 Å². The summed E-state index contributed by atoms with van der Waals surface area (Å²) < 4.78 is 31.1. The molecule has 0 saturated carbocycles. The molecule has 0 aliphatic rings. The van der Waals surface area contributed by atoms with Crippen molar-refractivity contribution in [2.75, 3.05) is 14.1 Å². The molecule has 0 spiro atoms. The van der Waals surface area contributed by atoms with Gasteiger partial charge in [0, 0.05) is 20.2 Å². The van der Waals surface area contributed by atoms with Crippen LogP contribution in [0.25, 0.3) is 0 Å². The molecule has 1 aromatic carbocycles. The topological polar surface area (TPSA) is 101 Å². The number of rotatable bonds is 3. The van der Waals surface area contributed by atoms with Gasteiger partial charge in [0.1, 0.15) is 9.22 Å². The SMILES string of the molecule is CN(C)C(=S)Sc1ccc(S(=O)(=O)O)cc1[N+](=O)[O-]. The molecule has 0 heterocycles. The molecule has 0 aromatic heterocycles. The maximum Gasteiger partial charge on any atom is 0.294 e. The highest BCUT2D eigenvalue weighted by Gasteiger charge is 2.21. The summed E-state index contributed by atoms with van der Waals surface area (Å²) in [5.41, 5.74) is -0.427. The molecule has 0 bridgehead atoms. The number of nitrogens with zero attached hydrogens (tertiary/aromatic N) is 2. The summed E-state index contributed by atoms with van der Waals surface area (Å²) in [5.74, 6) is 0. The Labute approximate surface area is 119 Å². The van der Waals surface area contributed by atoms with E-state index in [1.54, 1.807) is 19.0 Å². The van der Waals surface area contributed by atoms with E-state index in [-0.39, 0.29) is 4.90 Å². The fraction of sp³-hybridized carbons (Fsp3) is 0.222. The van der Waals surface area contributed by atoms with Crippen LogP contribution < -0.4 is 0 Å². The zero-order valence-corrected chi connectivity index (χ0v) is 12.4. The lowest BCUT2D eigenvalue weighted by Gasteiger charge is -2.12. The number of thiocarbonyl (C=S) groups is 1. The Morgan fingerprint density at radius 3 is 2.47 bits per heavy atom. The lowest BCUT2D eigenvalue weighted by Crippen LogP contribution is -2.16. The average Bonchev–Trinajstić information content (AvgIpc) is 2.27. The number of nitro benzene ring substituents is 1. The first-order valence-electron chi connectivity index (χ1n) is 4.78. The number of hydrogen-bond donors (Lipinski definition) is 1. The van der Waals surface area contributed by atoms with Crippen LogP contribution in [0.5, 0.6) is 0 Å². The van der Waals surface area contributed by atoms with E-state index < -0.39 is 25.6 Å². The van der Waals surface area contributed by atoms with Crippen LogP contribution in [0.2, 0.25) is 0 Å². The van der Waals surface area contributed by atoms with Gasteiger partial charge in [0.05, 0.1) is 9.82 Å².